The van der Waals surface area contributed by atoms with Crippen LogP contribution >= 0.6 is 0 Å². The number of rotatable bonds is 3. The summed E-state index contributed by atoms with van der Waals surface area (Å²) >= 11 is 0. The maximum atomic E-state index is 12.6. The molecule has 2 aromatic rings. The van der Waals surface area contributed by atoms with Crippen molar-refractivity contribution in [2.45, 2.75) is 6.04 Å². The number of carbonyl (C=O) groups is 3. The van der Waals surface area contributed by atoms with Crippen molar-refractivity contribution < 1.29 is 24.2 Å². The topological polar surface area (TPSA) is 83.9 Å². The first kappa shape index (κ1) is 14.8. The minimum absolute atomic E-state index is 0.0742. The van der Waals surface area contributed by atoms with Gasteiger partial charge in [0.1, 0.15) is 12.6 Å². The normalized spacial score (nSPS) is 17.0. The molecule has 0 aromatic heterocycles. The van der Waals surface area contributed by atoms with Crippen LogP contribution in [0.25, 0.3) is 0 Å². The summed E-state index contributed by atoms with van der Waals surface area (Å²) in [5.41, 5.74) is 1.11. The molecule has 2 amide bonds. The van der Waals surface area contributed by atoms with Crippen LogP contribution in [0.3, 0.4) is 0 Å². The fourth-order valence-corrected chi connectivity index (χ4v) is 2.46. The molecule has 0 radical (unpaired) electrons. The molecule has 0 saturated carbocycles. The lowest BCUT2D eigenvalue weighted by Gasteiger charge is -2.20. The minimum Gasteiger partial charge on any atom is -0.478 e. The van der Waals surface area contributed by atoms with Crippen molar-refractivity contribution in [2.24, 2.45) is 0 Å². The number of ether oxygens (including phenoxy) is 1. The lowest BCUT2D eigenvalue weighted by Crippen LogP contribution is -2.34. The average Bonchev–Trinajstić information content (AvgIpc) is 2.96. The number of benzene rings is 2. The summed E-state index contributed by atoms with van der Waals surface area (Å²) < 4.78 is 5.01. The molecule has 0 spiro atoms. The number of aromatic carboxylic acids is 1. The molecule has 1 fully saturated rings. The van der Waals surface area contributed by atoms with Gasteiger partial charge in [0.15, 0.2) is 0 Å². The van der Waals surface area contributed by atoms with E-state index in [0.29, 0.717) is 0 Å². The maximum Gasteiger partial charge on any atom is 0.417 e. The summed E-state index contributed by atoms with van der Waals surface area (Å²) in [6.45, 7) is 0.0990. The summed E-state index contributed by atoms with van der Waals surface area (Å²) in [5.74, 6) is -1.59. The van der Waals surface area contributed by atoms with Crippen molar-refractivity contribution in [3.63, 3.8) is 0 Å². The van der Waals surface area contributed by atoms with E-state index in [1.54, 1.807) is 0 Å². The third-order valence-electron chi connectivity index (χ3n) is 3.65. The molecular weight excluding hydrogens is 298 g/mol. The third-order valence-corrected chi connectivity index (χ3v) is 3.65. The fourth-order valence-electron chi connectivity index (χ4n) is 2.46. The summed E-state index contributed by atoms with van der Waals surface area (Å²) in [5, 5.41) is 8.89. The van der Waals surface area contributed by atoms with Crippen molar-refractivity contribution in [1.82, 2.24) is 4.90 Å². The molecular formula is C17H13NO5. The Hall–Kier alpha value is -3.15. The minimum atomic E-state index is -1.08. The Morgan fingerprint density at radius 3 is 2.22 bits per heavy atom. The zero-order valence-electron chi connectivity index (χ0n) is 12.0. The first-order chi connectivity index (χ1) is 11.1. The molecule has 0 bridgehead atoms. The van der Waals surface area contributed by atoms with Crippen LogP contribution in [0.2, 0.25) is 0 Å². The summed E-state index contributed by atoms with van der Waals surface area (Å²) in [4.78, 5) is 36.5. The number of carboxylic acid groups (broad SMARTS) is 1. The highest BCUT2D eigenvalue weighted by molar-refractivity contribution is 6.04. The first-order valence-corrected chi connectivity index (χ1v) is 6.96. The number of carboxylic acids is 1. The Balaban J connectivity index is 1.90. The molecule has 3 rings (SSSR count). The molecule has 23 heavy (non-hydrogen) atoms. The van der Waals surface area contributed by atoms with Gasteiger partial charge in [0.2, 0.25) is 0 Å². The van der Waals surface area contributed by atoms with E-state index >= 15 is 0 Å². The van der Waals surface area contributed by atoms with Crippen molar-refractivity contribution in [1.29, 1.82) is 0 Å². The van der Waals surface area contributed by atoms with Crippen LogP contribution in [0, 0.1) is 0 Å². The lowest BCUT2D eigenvalue weighted by atomic mass is 10.1. The smallest absolute Gasteiger partial charge is 0.417 e. The number of carbonyl (C=O) groups excluding carboxylic acids is 2. The Morgan fingerprint density at radius 2 is 1.61 bits per heavy atom. The molecule has 2 aromatic carbocycles. The standard InChI is InChI=1S/C17H13NO5/c19-15(12-6-8-13(9-7-12)16(20)21)18-14(10-23-17(18)22)11-4-2-1-3-5-11/h1-9,14H,10H2,(H,20,21)/t14-/m0/s1. The van der Waals surface area contributed by atoms with Gasteiger partial charge in [-0.1, -0.05) is 30.3 Å². The fraction of sp³-hybridized carbons (Fsp3) is 0.118. The maximum absolute atomic E-state index is 12.6. The number of nitrogens with zero attached hydrogens (tertiary/aromatic N) is 1. The molecule has 1 atom stereocenters. The number of cyclic esters (lactones) is 1. The third kappa shape index (κ3) is 2.78. The van der Waals surface area contributed by atoms with Gasteiger partial charge in [0, 0.05) is 5.56 Å². The predicted molar refractivity (Wildman–Crippen MR) is 80.1 cm³/mol. The second-order valence-corrected chi connectivity index (χ2v) is 5.06. The van der Waals surface area contributed by atoms with E-state index in [0.717, 1.165) is 10.5 Å². The Bertz CT molecular complexity index is 754. The highest BCUT2D eigenvalue weighted by Crippen LogP contribution is 2.29. The average molecular weight is 311 g/mol. The van der Waals surface area contributed by atoms with Crippen LogP contribution in [-0.4, -0.2) is 34.6 Å². The summed E-state index contributed by atoms with van der Waals surface area (Å²) in [6.07, 6.45) is -0.703. The number of hydrogen-bond donors (Lipinski definition) is 1. The number of imide groups is 1. The van der Waals surface area contributed by atoms with E-state index in [-0.39, 0.29) is 17.7 Å². The summed E-state index contributed by atoms with van der Waals surface area (Å²) in [6, 6.07) is 14.1. The molecule has 1 aliphatic rings. The Kier molecular flexibility index (Phi) is 3.80. The molecule has 1 heterocycles. The van der Waals surface area contributed by atoms with Gasteiger partial charge in [0.25, 0.3) is 5.91 Å². The van der Waals surface area contributed by atoms with E-state index in [1.807, 2.05) is 30.3 Å². The van der Waals surface area contributed by atoms with Crippen molar-refractivity contribution >= 4 is 18.0 Å². The second-order valence-electron chi connectivity index (χ2n) is 5.06. The van der Waals surface area contributed by atoms with Gasteiger partial charge in [-0.3, -0.25) is 4.79 Å². The van der Waals surface area contributed by atoms with Gasteiger partial charge in [-0.05, 0) is 29.8 Å². The van der Waals surface area contributed by atoms with E-state index in [9.17, 15) is 14.4 Å². The molecule has 1 N–H and O–H groups in total. The van der Waals surface area contributed by atoms with Crippen LogP contribution in [0.15, 0.2) is 54.6 Å². The predicted octanol–water partition coefficient (Wildman–Crippen LogP) is 2.72. The number of hydrogen-bond acceptors (Lipinski definition) is 4. The SMILES string of the molecule is O=C(O)c1ccc(C(=O)N2C(=O)OC[C@H]2c2ccccc2)cc1. The number of amides is 2. The van der Waals surface area contributed by atoms with Crippen LogP contribution < -0.4 is 0 Å². The van der Waals surface area contributed by atoms with Crippen molar-refractivity contribution in [2.75, 3.05) is 6.61 Å². The van der Waals surface area contributed by atoms with E-state index in [1.165, 1.54) is 24.3 Å². The van der Waals surface area contributed by atoms with Crippen LogP contribution in [-0.2, 0) is 4.74 Å². The van der Waals surface area contributed by atoms with Gasteiger partial charge < -0.3 is 9.84 Å². The highest BCUT2D eigenvalue weighted by Gasteiger charge is 2.39. The molecule has 6 heteroatoms. The molecule has 116 valence electrons. The highest BCUT2D eigenvalue weighted by atomic mass is 16.6. The van der Waals surface area contributed by atoms with E-state index in [2.05, 4.69) is 0 Å². The zero-order valence-corrected chi connectivity index (χ0v) is 12.0. The lowest BCUT2D eigenvalue weighted by molar-refractivity contribution is 0.0693. The largest absolute Gasteiger partial charge is 0.478 e. The molecule has 0 aliphatic carbocycles. The molecule has 6 nitrogen and oxygen atoms in total. The van der Waals surface area contributed by atoms with Crippen LogP contribution in [0.5, 0.6) is 0 Å². The van der Waals surface area contributed by atoms with E-state index < -0.39 is 24.0 Å². The van der Waals surface area contributed by atoms with Crippen molar-refractivity contribution in [3.8, 4) is 0 Å². The summed E-state index contributed by atoms with van der Waals surface area (Å²) in [7, 11) is 0. The molecule has 1 saturated heterocycles. The van der Waals surface area contributed by atoms with Gasteiger partial charge in [-0.2, -0.15) is 0 Å². The quantitative estimate of drug-likeness (QED) is 0.942. The van der Waals surface area contributed by atoms with E-state index in [4.69, 9.17) is 9.84 Å². The van der Waals surface area contributed by atoms with Crippen LogP contribution in [0.4, 0.5) is 4.79 Å². The Morgan fingerprint density at radius 1 is 1.00 bits per heavy atom. The van der Waals surface area contributed by atoms with Crippen molar-refractivity contribution in [3.05, 3.63) is 71.3 Å². The Labute approximate surface area is 131 Å². The van der Waals surface area contributed by atoms with Gasteiger partial charge in [-0.15, -0.1) is 0 Å². The molecule has 1 aliphatic heterocycles. The monoisotopic (exact) mass is 311 g/mol. The van der Waals surface area contributed by atoms with Gasteiger partial charge >= 0.3 is 12.1 Å². The second kappa shape index (κ2) is 5.92. The first-order valence-electron chi connectivity index (χ1n) is 6.96. The molecule has 0 unspecified atom stereocenters. The van der Waals surface area contributed by atoms with Gasteiger partial charge in [-0.25, -0.2) is 14.5 Å². The zero-order chi connectivity index (χ0) is 16.4. The van der Waals surface area contributed by atoms with Gasteiger partial charge in [0.05, 0.1) is 5.56 Å². The van der Waals surface area contributed by atoms with Crippen LogP contribution in [0.1, 0.15) is 32.3 Å².